The van der Waals surface area contributed by atoms with Crippen LogP contribution in [0.1, 0.15) is 159 Å². The lowest BCUT2D eigenvalue weighted by Gasteiger charge is -2.41. The van der Waals surface area contributed by atoms with Gasteiger partial charge in [-0.3, -0.25) is 81.6 Å². The van der Waals surface area contributed by atoms with E-state index in [0.717, 1.165) is 0 Å². The zero-order valence-corrected chi connectivity index (χ0v) is 86.7. The number of aliphatic carboxylic acids is 1. The van der Waals surface area contributed by atoms with Crippen LogP contribution in [0.2, 0.25) is 0 Å². The molecule has 1 aliphatic rings. The number of aliphatic hydroxyl groups excluding tert-OH is 10. The van der Waals surface area contributed by atoms with Crippen LogP contribution >= 0.6 is 0 Å². The van der Waals surface area contributed by atoms with Crippen LogP contribution in [0.5, 0.6) is 0 Å². The summed E-state index contributed by atoms with van der Waals surface area (Å²) >= 11 is 0. The van der Waals surface area contributed by atoms with Gasteiger partial charge in [0, 0.05) is 99.1 Å². The summed E-state index contributed by atoms with van der Waals surface area (Å²) < 4.78 is 28.1. The smallest absolute Gasteiger partial charge is 0.407 e. The van der Waals surface area contributed by atoms with Crippen LogP contribution in [-0.2, 0) is 116 Å². The fraction of sp³-hybridized carbons (Fsp3) is 0.734. The van der Waals surface area contributed by atoms with Crippen molar-refractivity contribution in [3.05, 3.63) is 35.9 Å². The highest BCUT2D eigenvalue weighted by Crippen LogP contribution is 2.31. The third-order valence-corrected chi connectivity index (χ3v) is 23.8. The number of carbonyl (C=O) groups excluding carboxylic acids is 18. The minimum atomic E-state index is -2.25. The SMILES string of the molecule is CC[C@H](C)[C@@H]([C@@H](CC(=O)N1CCC[C@H]1[C@H](OC)[C@@H](C)C(=O)N[C@@H](Cc1ccccc1)C(=O)NCCCOC(=O)C(C)NC(=O)CCC(NC(=O)CCNC(=O)OCC(NC(=O)CNC(=O)CNC(=O)CNC(=O)CNC(=O)CCNC(=O)CCOCC(C)(C)C)C(=O)NC(CCC(=O)NC[C@H](O)[C@@H](O)[C@H](O)[C@H](O)CO)C(=O)NC[C@H](O)[C@@H](O)[C@H](O)[C@H](O)CO)C(=O)O)OC)N(C)C(=O)[C@@H](NC(=O)[C@H](C(C)C)N(C)C)C(C)C. The summed E-state index contributed by atoms with van der Waals surface area (Å²) in [4.78, 5) is 258. The number of rotatable bonds is 71. The Morgan fingerprint density at radius 3 is 1.53 bits per heavy atom. The topological polar surface area (TPSA) is 783 Å². The Balaban J connectivity index is 2.19. The highest BCUT2D eigenvalue weighted by atomic mass is 16.6. The van der Waals surface area contributed by atoms with Gasteiger partial charge in [0.1, 0.15) is 79.5 Å². The van der Waals surface area contributed by atoms with E-state index in [1.165, 1.54) is 21.1 Å². The molecule has 21 atom stereocenters. The van der Waals surface area contributed by atoms with Crippen LogP contribution in [0.3, 0.4) is 0 Å². The van der Waals surface area contributed by atoms with Crippen molar-refractivity contribution < 1.29 is 171 Å². The lowest BCUT2D eigenvalue weighted by molar-refractivity contribution is -0.148. The number of ether oxygens (including phenoxy) is 5. The van der Waals surface area contributed by atoms with Crippen LogP contribution < -0.4 is 79.8 Å². The number of methoxy groups -OCH3 is 2. The monoisotopic (exact) mass is 2100 g/mol. The third kappa shape index (κ3) is 49.8. The van der Waals surface area contributed by atoms with Crippen LogP contribution in [0.4, 0.5) is 4.79 Å². The second kappa shape index (κ2) is 68.8. The average molecular weight is 2100 g/mol. The summed E-state index contributed by atoms with van der Waals surface area (Å²) in [5.74, 6) is -16.9. The van der Waals surface area contributed by atoms with E-state index >= 15 is 0 Å². The molecule has 1 heterocycles. The summed E-state index contributed by atoms with van der Waals surface area (Å²) in [6, 6.07) is -2.05. The number of alkyl carbamates (subject to hydrolysis) is 1. The fourth-order valence-corrected chi connectivity index (χ4v) is 15.3. The molecule has 17 amide bonds. The Hall–Kier alpha value is -11.6. The summed E-state index contributed by atoms with van der Waals surface area (Å²) in [7, 11) is 8.17. The maximum Gasteiger partial charge on any atom is 0.407 e. The molecule has 147 heavy (non-hydrogen) atoms. The number of carboxylic acid groups (broad SMARTS) is 1. The van der Waals surface area contributed by atoms with Gasteiger partial charge in [-0.25, -0.2) is 14.4 Å². The predicted molar refractivity (Wildman–Crippen MR) is 522 cm³/mol. The van der Waals surface area contributed by atoms with Crippen molar-refractivity contribution in [1.29, 1.82) is 0 Å². The molecule has 0 bridgehead atoms. The second-order valence-electron chi connectivity index (χ2n) is 38.0. The predicted octanol–water partition coefficient (Wildman–Crippen LogP) is -9.34. The van der Waals surface area contributed by atoms with E-state index < -0.39 is 308 Å². The second-order valence-corrected chi connectivity index (χ2v) is 38.0. The molecule has 1 saturated heterocycles. The van der Waals surface area contributed by atoms with Gasteiger partial charge in [-0.05, 0) is 81.9 Å². The van der Waals surface area contributed by atoms with Crippen LogP contribution in [-0.4, -0.2) is 439 Å². The molecule has 836 valence electrons. The number of nitrogens with zero attached hydrogens (tertiary/aromatic N) is 3. The van der Waals surface area contributed by atoms with Gasteiger partial charge in [0.05, 0.1) is 114 Å². The number of esters is 1. The van der Waals surface area contributed by atoms with Crippen molar-refractivity contribution in [1.82, 2.24) is 94.5 Å². The number of likely N-dealkylation sites (tertiary alicyclic amines) is 1. The Labute approximate surface area is 854 Å². The van der Waals surface area contributed by atoms with Crippen LogP contribution in [0.15, 0.2) is 30.3 Å². The first-order valence-electron chi connectivity index (χ1n) is 48.9. The largest absolute Gasteiger partial charge is 0.480 e. The minimum absolute atomic E-state index is 0.0381. The van der Waals surface area contributed by atoms with Gasteiger partial charge in [0.25, 0.3) is 0 Å². The maximum atomic E-state index is 14.7. The molecule has 1 aliphatic heterocycles. The van der Waals surface area contributed by atoms with Crippen molar-refractivity contribution in [2.45, 2.75) is 275 Å². The highest BCUT2D eigenvalue weighted by molar-refractivity contribution is 5.96. The number of hydrogen-bond acceptors (Lipinski definition) is 35. The molecule has 53 heteroatoms. The molecule has 0 radical (unpaired) electrons. The summed E-state index contributed by atoms with van der Waals surface area (Å²) in [5.41, 5.74) is 0.589. The van der Waals surface area contributed by atoms with Gasteiger partial charge in [-0.1, -0.05) is 106 Å². The Morgan fingerprint density at radius 1 is 0.490 bits per heavy atom. The molecule has 4 unspecified atom stereocenters. The van der Waals surface area contributed by atoms with Crippen molar-refractivity contribution in [3.63, 3.8) is 0 Å². The zero-order chi connectivity index (χ0) is 111. The lowest BCUT2D eigenvalue weighted by Crippen LogP contribution is -2.59. The summed E-state index contributed by atoms with van der Waals surface area (Å²) in [5, 5.41) is 145. The van der Waals surface area contributed by atoms with E-state index in [1.54, 1.807) is 73.1 Å². The number of amides is 17. The number of carboxylic acids is 1. The third-order valence-electron chi connectivity index (χ3n) is 23.8. The molecular weight excluding hydrogens is 1940 g/mol. The normalized spacial score (nSPS) is 16.6. The van der Waals surface area contributed by atoms with Crippen molar-refractivity contribution in [2.24, 2.45) is 29.1 Å². The van der Waals surface area contributed by atoms with Gasteiger partial charge >= 0.3 is 18.0 Å². The quantitative estimate of drug-likeness (QED) is 0.0213. The highest BCUT2D eigenvalue weighted by Gasteiger charge is 2.45. The van der Waals surface area contributed by atoms with Gasteiger partial charge in [-0.15, -0.1) is 0 Å². The average Bonchev–Trinajstić information content (AvgIpc) is 1.73. The first-order chi connectivity index (χ1) is 69.1. The van der Waals surface area contributed by atoms with Gasteiger partial charge in [-0.2, -0.15) is 0 Å². The Morgan fingerprint density at radius 2 is 0.993 bits per heavy atom. The van der Waals surface area contributed by atoms with Crippen LogP contribution in [0.25, 0.3) is 0 Å². The molecule has 2 rings (SSSR count). The molecule has 0 aromatic heterocycles. The fourth-order valence-electron chi connectivity index (χ4n) is 15.3. The zero-order valence-electron chi connectivity index (χ0n) is 86.7. The first-order valence-corrected chi connectivity index (χ1v) is 48.9. The van der Waals surface area contributed by atoms with Gasteiger partial charge < -0.3 is 169 Å². The number of benzene rings is 1. The Bertz CT molecular complexity index is 4340. The van der Waals surface area contributed by atoms with Crippen LogP contribution in [0, 0.1) is 29.1 Å². The minimum Gasteiger partial charge on any atom is -0.480 e. The molecule has 1 fully saturated rings. The molecule has 26 N–H and O–H groups in total. The molecule has 0 aliphatic carbocycles. The molecular formula is C94H160N18O35. The Kier molecular flexibility index (Phi) is 61.5. The van der Waals surface area contributed by atoms with Gasteiger partial charge in [0.2, 0.25) is 94.5 Å². The number of aliphatic hydroxyl groups is 10. The first kappa shape index (κ1) is 131. The van der Waals surface area contributed by atoms with E-state index in [4.69, 9.17) is 28.8 Å². The van der Waals surface area contributed by atoms with E-state index in [9.17, 15) is 142 Å². The van der Waals surface area contributed by atoms with Crippen molar-refractivity contribution in [3.8, 4) is 0 Å². The summed E-state index contributed by atoms with van der Waals surface area (Å²) in [6.45, 7) is 11.8. The van der Waals surface area contributed by atoms with Gasteiger partial charge in [0.15, 0.2) is 0 Å². The van der Waals surface area contributed by atoms with E-state index in [1.807, 2.05) is 62.3 Å². The number of hydrogen-bond donors (Lipinski definition) is 26. The van der Waals surface area contributed by atoms with Crippen molar-refractivity contribution in [2.75, 3.05) is 140 Å². The maximum absolute atomic E-state index is 14.7. The van der Waals surface area contributed by atoms with E-state index in [2.05, 4.69) is 79.8 Å². The van der Waals surface area contributed by atoms with E-state index in [0.29, 0.717) is 38.0 Å². The van der Waals surface area contributed by atoms with E-state index in [-0.39, 0.29) is 105 Å². The lowest BCUT2D eigenvalue weighted by atomic mass is 9.89. The number of likely N-dealkylation sites (N-methyl/N-ethyl adjacent to an activating group) is 2. The van der Waals surface area contributed by atoms with Crippen molar-refractivity contribution >= 4 is 113 Å². The molecule has 1 aromatic carbocycles. The number of carbonyl (C=O) groups is 19. The summed E-state index contributed by atoms with van der Waals surface area (Å²) in [6.07, 6.45) is -21.8. The standard InChI is InChI=1S/C94H160N18O35/c1-17-53(6)79(111(14)90(138)77(51(2)3)109-89(137)78(52(4)5)110(12)13)66(143-15)40-76(128)112-36-21-25-61(112)84(144-16)54(7)85(133)108-59(39-56-23-19-18-20-24-56)87(135)96-33-22-37-146-92(141)55(8)104-70(122)29-27-58(91(139)140)105-71(123)31-35-97-93(142)147-49-60(106-75(127)46-102-74(126)45-101-73(125)44-100-72(124)43-99-68(120)30-34-95-69(121)32-38-145-50-94(9,10)11)88(136)107-57(86(134)103-42-63(116)81(130)83(132)65(118)48-114)26-28-67(119)98-41-62(115)80(129)82(131)64(117)47-113/h18-20,23-24,51-55,57-66,77-84,113-118,129-132H,17,21-22,25-50H2,1-16H3,(H,95,121)(H,96,135)(H,97,142)(H,98,119)(H,99,120)(H,100,124)(H,101,125)(H,102,126)(H,103,134)(H,104,122)(H,105,123)(H,106,127)(H,107,136)(H,108,133)(H,109,137)(H,139,140)/t53-,54+,55?,57?,58?,59-,60?,61-,62-,63-,64+,65+,66+,77-,78-,79-,80+,81+,82+,83+,84+/m0/s1. The number of nitrogens with one attached hydrogen (secondary N) is 15. The molecule has 53 nitrogen and oxygen atoms in total. The molecule has 0 spiro atoms. The molecule has 1 aromatic rings. The molecule has 0 saturated carbocycles.